The zero-order valence-electron chi connectivity index (χ0n) is 21.1. The molecule has 3 aromatic rings. The van der Waals surface area contributed by atoms with Crippen LogP contribution in [0.1, 0.15) is 46.4 Å². The van der Waals surface area contributed by atoms with E-state index in [4.69, 9.17) is 14.9 Å². The van der Waals surface area contributed by atoms with Crippen LogP contribution in [0, 0.1) is 27.7 Å². The molecule has 7 nitrogen and oxygen atoms in total. The Morgan fingerprint density at radius 1 is 1.19 bits per heavy atom. The summed E-state index contributed by atoms with van der Waals surface area (Å²) < 4.78 is 12.4. The van der Waals surface area contributed by atoms with Crippen LogP contribution in [-0.2, 0) is 16.1 Å². The number of likely N-dealkylation sites (tertiary alicyclic amines) is 1. The molecule has 0 unspecified atom stereocenters. The van der Waals surface area contributed by atoms with Crippen LogP contribution >= 0.6 is 11.8 Å². The molecule has 0 bridgehead atoms. The number of carbonyl (C=O) groups is 2. The van der Waals surface area contributed by atoms with Gasteiger partial charge in [-0.15, -0.1) is 0 Å². The zero-order valence-corrected chi connectivity index (χ0v) is 21.9. The van der Waals surface area contributed by atoms with E-state index in [1.165, 1.54) is 0 Å². The lowest BCUT2D eigenvalue weighted by atomic mass is 9.97. The van der Waals surface area contributed by atoms with E-state index in [2.05, 4.69) is 4.90 Å². The zero-order chi connectivity index (χ0) is 26.0. The number of primary amides is 1. The Morgan fingerprint density at radius 2 is 1.92 bits per heavy atom. The van der Waals surface area contributed by atoms with Gasteiger partial charge in [-0.05, 0) is 93.7 Å². The highest BCUT2D eigenvalue weighted by atomic mass is 32.2. The number of piperidine rings is 1. The molecule has 2 aromatic carbocycles. The molecule has 8 heteroatoms. The molecule has 1 atom stereocenters. The van der Waals surface area contributed by atoms with Crippen LogP contribution in [0.2, 0.25) is 0 Å². The van der Waals surface area contributed by atoms with Gasteiger partial charge in [0.05, 0.1) is 4.91 Å². The number of furan rings is 1. The number of hydrogen-bond acceptors (Lipinski definition) is 7. The van der Waals surface area contributed by atoms with Gasteiger partial charge >= 0.3 is 0 Å². The van der Waals surface area contributed by atoms with Gasteiger partial charge in [0.25, 0.3) is 5.91 Å². The van der Waals surface area contributed by atoms with E-state index < -0.39 is 5.91 Å². The second kappa shape index (κ2) is 10.8. The van der Waals surface area contributed by atoms with Gasteiger partial charge in [0, 0.05) is 29.6 Å². The van der Waals surface area contributed by atoms with E-state index in [0.717, 1.165) is 94.5 Å². The molecular weight excluding hydrogens is 476 g/mol. The molecule has 0 spiro atoms. The molecule has 1 aromatic heterocycles. The number of nitrogens with two attached hydrogens (primary N) is 1. The van der Waals surface area contributed by atoms with Crippen LogP contribution < -0.4 is 10.5 Å². The van der Waals surface area contributed by atoms with E-state index in [1.54, 1.807) is 6.08 Å². The van der Waals surface area contributed by atoms with Crippen LogP contribution in [0.5, 0.6) is 11.5 Å². The third kappa shape index (κ3) is 5.29. The van der Waals surface area contributed by atoms with E-state index in [1.807, 2.05) is 52.0 Å². The molecule has 1 aliphatic heterocycles. The van der Waals surface area contributed by atoms with Crippen molar-refractivity contribution in [1.29, 1.82) is 0 Å². The first kappa shape index (κ1) is 25.9. The van der Waals surface area contributed by atoms with E-state index in [0.29, 0.717) is 11.4 Å². The van der Waals surface area contributed by atoms with Crippen LogP contribution in [0.4, 0.5) is 0 Å². The lowest BCUT2D eigenvalue weighted by Crippen LogP contribution is -2.40. The van der Waals surface area contributed by atoms with Crippen molar-refractivity contribution in [2.45, 2.75) is 53.2 Å². The molecule has 1 aliphatic rings. The van der Waals surface area contributed by atoms with Crippen molar-refractivity contribution in [2.75, 3.05) is 13.1 Å². The number of carbonyl (C=O) groups excluding carboxylic acids is 2. The average Bonchev–Trinajstić information content (AvgIpc) is 3.18. The predicted molar refractivity (Wildman–Crippen MR) is 144 cm³/mol. The van der Waals surface area contributed by atoms with Crippen molar-refractivity contribution < 1.29 is 23.8 Å². The molecule has 0 radical (unpaired) electrons. The van der Waals surface area contributed by atoms with Crippen molar-refractivity contribution in [2.24, 2.45) is 5.73 Å². The summed E-state index contributed by atoms with van der Waals surface area (Å²) in [4.78, 5) is 24.8. The summed E-state index contributed by atoms with van der Waals surface area (Å²) in [5.74, 6) is 1.34. The summed E-state index contributed by atoms with van der Waals surface area (Å²) in [6.45, 7) is 10.3. The smallest absolute Gasteiger partial charge is 0.255 e. The second-order valence-corrected chi connectivity index (χ2v) is 10.2. The monoisotopic (exact) mass is 508 g/mol. The predicted octanol–water partition coefficient (Wildman–Crippen LogP) is 5.17. The number of rotatable bonds is 8. The third-order valence-corrected chi connectivity index (χ3v) is 7.61. The van der Waals surface area contributed by atoms with Crippen LogP contribution in [0.15, 0.2) is 33.6 Å². The third-order valence-electron chi connectivity index (χ3n) is 6.94. The maximum Gasteiger partial charge on any atom is 0.255 e. The molecule has 1 fully saturated rings. The maximum absolute atomic E-state index is 11.5. The van der Waals surface area contributed by atoms with Crippen molar-refractivity contribution in [3.63, 3.8) is 0 Å². The number of hydrogen-bond donors (Lipinski definition) is 2. The molecule has 0 aliphatic carbocycles. The molecule has 2 heterocycles. The Morgan fingerprint density at radius 3 is 2.58 bits per heavy atom. The van der Waals surface area contributed by atoms with Gasteiger partial charge in [0.1, 0.15) is 28.9 Å². The van der Waals surface area contributed by atoms with Gasteiger partial charge in [-0.1, -0.05) is 12.1 Å². The SMILES string of the molecule is Cc1oc2c(C)c(C)c(O)c(C)c2c1CN1CCC[C@@H](Oc2ccc(/C=C(/SC=O)C(N)=O)cc2)C1. The number of ether oxygens (including phenoxy) is 1. The summed E-state index contributed by atoms with van der Waals surface area (Å²) in [6, 6.07) is 7.40. The lowest BCUT2D eigenvalue weighted by molar-refractivity contribution is -0.113. The highest BCUT2D eigenvalue weighted by Crippen LogP contribution is 2.39. The van der Waals surface area contributed by atoms with Gasteiger partial charge in [-0.2, -0.15) is 0 Å². The summed E-state index contributed by atoms with van der Waals surface area (Å²) in [5, 5.41) is 11.7. The highest BCUT2D eigenvalue weighted by molar-refractivity contribution is 8.16. The molecule has 4 rings (SSSR count). The number of phenols is 1. The van der Waals surface area contributed by atoms with Gasteiger partial charge in [0.15, 0.2) is 5.62 Å². The normalized spacial score (nSPS) is 16.9. The topological polar surface area (TPSA) is 106 Å². The Labute approximate surface area is 215 Å². The van der Waals surface area contributed by atoms with Crippen LogP contribution in [0.25, 0.3) is 17.0 Å². The van der Waals surface area contributed by atoms with Crippen LogP contribution in [-0.4, -0.2) is 40.7 Å². The van der Waals surface area contributed by atoms with Crippen molar-refractivity contribution >= 4 is 40.3 Å². The first-order chi connectivity index (χ1) is 17.2. The van der Waals surface area contributed by atoms with Gasteiger partial charge in [-0.3, -0.25) is 14.5 Å². The fraction of sp³-hybridized carbons (Fsp3) is 0.357. The standard InChI is InChI=1S/C28H32N2O5S/c1-16-17(2)27-25(18(3)26(16)32)23(19(4)34-27)14-30-11-5-6-22(13-30)35-21-9-7-20(8-10-21)12-24(28(29)33)36-15-31/h7-10,12,15,22,32H,5-6,11,13-14H2,1-4H3,(H2,29,33)/b24-12+/t22-/m1/s1. The summed E-state index contributed by atoms with van der Waals surface area (Å²) >= 11 is 0.767. The number of thioether (sulfide) groups is 1. The molecule has 190 valence electrons. The van der Waals surface area contributed by atoms with E-state index >= 15 is 0 Å². The number of phenolic OH excluding ortho intramolecular Hbond substituents is 1. The fourth-order valence-corrected chi connectivity index (χ4v) is 5.28. The Bertz CT molecular complexity index is 1330. The van der Waals surface area contributed by atoms with Gasteiger partial charge in [0.2, 0.25) is 0 Å². The molecule has 36 heavy (non-hydrogen) atoms. The van der Waals surface area contributed by atoms with Crippen molar-refractivity contribution in [3.8, 4) is 11.5 Å². The summed E-state index contributed by atoms with van der Waals surface area (Å²) in [5.41, 5.74) is 11.4. The minimum Gasteiger partial charge on any atom is -0.507 e. The Hall–Kier alpha value is -3.23. The lowest BCUT2D eigenvalue weighted by Gasteiger charge is -2.33. The quantitative estimate of drug-likeness (QED) is 0.320. The molecule has 3 N–H and O–H groups in total. The summed E-state index contributed by atoms with van der Waals surface area (Å²) in [6.07, 6.45) is 3.62. The number of nitrogens with zero attached hydrogens (tertiary/aromatic N) is 1. The first-order valence-electron chi connectivity index (χ1n) is 12.0. The minimum atomic E-state index is -0.633. The number of amides is 1. The van der Waals surface area contributed by atoms with Crippen LogP contribution in [0.3, 0.4) is 0 Å². The van der Waals surface area contributed by atoms with Crippen molar-refractivity contribution in [1.82, 2.24) is 4.90 Å². The minimum absolute atomic E-state index is 0.0453. The number of aromatic hydroxyl groups is 1. The number of fused-ring (bicyclic) bond motifs is 1. The molecule has 1 saturated heterocycles. The van der Waals surface area contributed by atoms with Gasteiger partial charge in [-0.25, -0.2) is 0 Å². The Balaban J connectivity index is 1.47. The first-order valence-corrected chi connectivity index (χ1v) is 12.9. The van der Waals surface area contributed by atoms with E-state index in [-0.39, 0.29) is 11.0 Å². The molecular formula is C28H32N2O5S. The second-order valence-electron chi connectivity index (χ2n) is 9.34. The fourth-order valence-electron chi connectivity index (χ4n) is 4.86. The van der Waals surface area contributed by atoms with E-state index in [9.17, 15) is 14.7 Å². The molecule has 0 saturated carbocycles. The molecule has 1 amide bonds. The van der Waals surface area contributed by atoms with Gasteiger partial charge < -0.3 is 20.0 Å². The highest BCUT2D eigenvalue weighted by Gasteiger charge is 2.26. The number of aryl methyl sites for hydroxylation is 3. The largest absolute Gasteiger partial charge is 0.507 e. The average molecular weight is 509 g/mol. The summed E-state index contributed by atoms with van der Waals surface area (Å²) in [7, 11) is 0. The maximum atomic E-state index is 11.5. The van der Waals surface area contributed by atoms with Crippen molar-refractivity contribution in [3.05, 3.63) is 62.7 Å². The Kier molecular flexibility index (Phi) is 7.76. The number of benzene rings is 2.